The molecule has 0 bridgehead atoms. The van der Waals surface area contributed by atoms with Crippen LogP contribution in [0.4, 0.5) is 0 Å². The number of hydrogen-bond acceptors (Lipinski definition) is 0. The third-order valence-corrected chi connectivity index (χ3v) is 1.49. The highest BCUT2D eigenvalue weighted by molar-refractivity contribution is 5.18. The first-order valence-electron chi connectivity index (χ1n) is 4.52. The maximum Gasteiger partial charge on any atom is -0.0259 e. The average Bonchev–Trinajstić information content (AvgIpc) is 1.87. The van der Waals surface area contributed by atoms with E-state index in [1.807, 2.05) is 0 Å². The van der Waals surface area contributed by atoms with Gasteiger partial charge in [-0.2, -0.15) is 0 Å². The van der Waals surface area contributed by atoms with E-state index in [1.54, 1.807) is 0 Å². The van der Waals surface area contributed by atoms with Crippen LogP contribution in [0.5, 0.6) is 0 Å². The standard InChI is InChI=1S/C11H20/c1-5-7-11(8-6-2)9-10(3)4/h5,7-8,10H,6,9H2,1-4H3/b7-5-,11-8+. The molecule has 0 rings (SSSR count). The topological polar surface area (TPSA) is 0 Å². The van der Waals surface area contributed by atoms with Crippen molar-refractivity contribution in [1.29, 1.82) is 0 Å². The fraction of sp³-hybridized carbons (Fsp3) is 0.636. The lowest BCUT2D eigenvalue weighted by Gasteiger charge is -2.04. The molecule has 0 aromatic rings. The van der Waals surface area contributed by atoms with E-state index >= 15 is 0 Å². The van der Waals surface area contributed by atoms with Gasteiger partial charge in [-0.3, -0.25) is 0 Å². The summed E-state index contributed by atoms with van der Waals surface area (Å²) in [6.45, 7) is 8.77. The van der Waals surface area contributed by atoms with Crippen LogP contribution in [0.2, 0.25) is 0 Å². The Balaban J connectivity index is 4.00. The largest absolute Gasteiger partial charge is 0.0874 e. The molecule has 0 saturated heterocycles. The Bertz CT molecular complexity index is 138. The van der Waals surface area contributed by atoms with Crippen molar-refractivity contribution in [2.24, 2.45) is 5.92 Å². The highest BCUT2D eigenvalue weighted by Crippen LogP contribution is 2.12. The van der Waals surface area contributed by atoms with E-state index in [2.05, 4.69) is 45.9 Å². The van der Waals surface area contributed by atoms with Gasteiger partial charge in [0.25, 0.3) is 0 Å². The van der Waals surface area contributed by atoms with Crippen molar-refractivity contribution < 1.29 is 0 Å². The molecular formula is C11H20. The highest BCUT2D eigenvalue weighted by Gasteiger charge is 1.95. The number of allylic oxidation sites excluding steroid dienone is 4. The van der Waals surface area contributed by atoms with E-state index in [0.29, 0.717) is 0 Å². The molecule has 0 aromatic heterocycles. The lowest BCUT2D eigenvalue weighted by Crippen LogP contribution is -1.88. The highest BCUT2D eigenvalue weighted by atomic mass is 14.0. The first kappa shape index (κ1) is 10.5. The third kappa shape index (κ3) is 5.90. The summed E-state index contributed by atoms with van der Waals surface area (Å²) >= 11 is 0. The van der Waals surface area contributed by atoms with Crippen LogP contribution >= 0.6 is 0 Å². The summed E-state index contributed by atoms with van der Waals surface area (Å²) in [6, 6.07) is 0. The molecule has 0 N–H and O–H groups in total. The fourth-order valence-corrected chi connectivity index (χ4v) is 1.17. The molecular weight excluding hydrogens is 132 g/mol. The van der Waals surface area contributed by atoms with Gasteiger partial charge in [-0.1, -0.05) is 44.6 Å². The molecule has 0 aliphatic heterocycles. The van der Waals surface area contributed by atoms with Gasteiger partial charge in [0.2, 0.25) is 0 Å². The Morgan fingerprint density at radius 1 is 1.36 bits per heavy atom. The monoisotopic (exact) mass is 152 g/mol. The van der Waals surface area contributed by atoms with Gasteiger partial charge in [-0.25, -0.2) is 0 Å². The maximum absolute atomic E-state index is 2.31. The van der Waals surface area contributed by atoms with Crippen LogP contribution in [0, 0.1) is 5.92 Å². The predicted molar refractivity (Wildman–Crippen MR) is 52.6 cm³/mol. The number of hydrogen-bond donors (Lipinski definition) is 0. The van der Waals surface area contributed by atoms with Gasteiger partial charge in [-0.15, -0.1) is 0 Å². The van der Waals surface area contributed by atoms with E-state index in [4.69, 9.17) is 0 Å². The van der Waals surface area contributed by atoms with Gasteiger partial charge in [0.15, 0.2) is 0 Å². The van der Waals surface area contributed by atoms with Crippen molar-refractivity contribution in [1.82, 2.24) is 0 Å². The molecule has 0 spiro atoms. The molecule has 0 aliphatic rings. The van der Waals surface area contributed by atoms with Gasteiger partial charge in [0.05, 0.1) is 0 Å². The third-order valence-electron chi connectivity index (χ3n) is 1.49. The van der Waals surface area contributed by atoms with Gasteiger partial charge >= 0.3 is 0 Å². The summed E-state index contributed by atoms with van der Waals surface area (Å²) in [7, 11) is 0. The molecule has 0 heterocycles. The quantitative estimate of drug-likeness (QED) is 0.535. The zero-order valence-electron chi connectivity index (χ0n) is 8.22. The van der Waals surface area contributed by atoms with E-state index < -0.39 is 0 Å². The zero-order chi connectivity index (χ0) is 8.69. The molecule has 0 fully saturated rings. The predicted octanol–water partition coefficient (Wildman–Crippen LogP) is 3.95. The minimum atomic E-state index is 0.768. The normalized spacial score (nSPS) is 13.4. The minimum absolute atomic E-state index is 0.768. The minimum Gasteiger partial charge on any atom is -0.0874 e. The van der Waals surface area contributed by atoms with Gasteiger partial charge < -0.3 is 0 Å². The molecule has 11 heavy (non-hydrogen) atoms. The second-order valence-corrected chi connectivity index (χ2v) is 3.29. The van der Waals surface area contributed by atoms with Crippen LogP contribution < -0.4 is 0 Å². The van der Waals surface area contributed by atoms with E-state index in [1.165, 1.54) is 12.0 Å². The Morgan fingerprint density at radius 3 is 2.36 bits per heavy atom. The molecule has 0 saturated carbocycles. The van der Waals surface area contributed by atoms with Crippen LogP contribution in [-0.4, -0.2) is 0 Å². The summed E-state index contributed by atoms with van der Waals surface area (Å²) in [5.41, 5.74) is 1.48. The van der Waals surface area contributed by atoms with Crippen LogP contribution in [0.3, 0.4) is 0 Å². The summed E-state index contributed by atoms with van der Waals surface area (Å²) in [5, 5.41) is 0. The second-order valence-electron chi connectivity index (χ2n) is 3.29. The zero-order valence-corrected chi connectivity index (χ0v) is 8.22. The fourth-order valence-electron chi connectivity index (χ4n) is 1.17. The van der Waals surface area contributed by atoms with Crippen molar-refractivity contribution in [3.05, 3.63) is 23.8 Å². The van der Waals surface area contributed by atoms with E-state index in [-0.39, 0.29) is 0 Å². The molecule has 0 radical (unpaired) electrons. The SMILES string of the molecule is C/C=C\C(=C/CC)CC(C)C. The number of rotatable bonds is 4. The van der Waals surface area contributed by atoms with Gasteiger partial charge in [-0.05, 0) is 25.7 Å². The summed E-state index contributed by atoms with van der Waals surface area (Å²) in [5.74, 6) is 0.768. The summed E-state index contributed by atoms with van der Waals surface area (Å²) in [6.07, 6.45) is 8.98. The Hall–Kier alpha value is -0.520. The van der Waals surface area contributed by atoms with Crippen molar-refractivity contribution in [3.63, 3.8) is 0 Å². The average molecular weight is 152 g/mol. The van der Waals surface area contributed by atoms with Crippen LogP contribution in [0.25, 0.3) is 0 Å². The first-order chi connectivity index (χ1) is 5.20. The smallest absolute Gasteiger partial charge is 0.0259 e. The van der Waals surface area contributed by atoms with E-state index in [0.717, 1.165) is 12.3 Å². The van der Waals surface area contributed by atoms with Crippen LogP contribution in [0.15, 0.2) is 23.8 Å². The second kappa shape index (κ2) is 6.21. The summed E-state index contributed by atoms with van der Waals surface area (Å²) < 4.78 is 0. The molecule has 0 aromatic carbocycles. The Morgan fingerprint density at radius 2 is 2.00 bits per heavy atom. The van der Waals surface area contributed by atoms with E-state index in [9.17, 15) is 0 Å². The summed E-state index contributed by atoms with van der Waals surface area (Å²) in [4.78, 5) is 0. The van der Waals surface area contributed by atoms with Crippen molar-refractivity contribution in [2.45, 2.75) is 40.5 Å². The molecule has 0 unspecified atom stereocenters. The first-order valence-corrected chi connectivity index (χ1v) is 4.52. The Kier molecular flexibility index (Phi) is 5.91. The van der Waals surface area contributed by atoms with Crippen molar-refractivity contribution >= 4 is 0 Å². The lowest BCUT2D eigenvalue weighted by atomic mass is 10.0. The maximum atomic E-state index is 2.31. The van der Waals surface area contributed by atoms with Crippen molar-refractivity contribution in [2.75, 3.05) is 0 Å². The van der Waals surface area contributed by atoms with Crippen LogP contribution in [0.1, 0.15) is 40.5 Å². The molecule has 0 aliphatic carbocycles. The van der Waals surface area contributed by atoms with Gasteiger partial charge in [0, 0.05) is 0 Å². The van der Waals surface area contributed by atoms with Gasteiger partial charge in [0.1, 0.15) is 0 Å². The van der Waals surface area contributed by atoms with Crippen LogP contribution in [-0.2, 0) is 0 Å². The molecule has 0 nitrogen and oxygen atoms in total. The molecule has 0 heteroatoms. The molecule has 64 valence electrons. The molecule has 0 amide bonds. The lowest BCUT2D eigenvalue weighted by molar-refractivity contribution is 0.648. The van der Waals surface area contributed by atoms with Crippen molar-refractivity contribution in [3.8, 4) is 0 Å². The molecule has 0 atom stereocenters. The Labute approximate surface area is 71.0 Å².